The van der Waals surface area contributed by atoms with Gasteiger partial charge in [0, 0.05) is 6.42 Å². The molecule has 1 aliphatic heterocycles. The normalized spacial score (nSPS) is 19.1. The fraction of sp³-hybridized carbons (Fsp3) is 0.417. The van der Waals surface area contributed by atoms with E-state index in [0.29, 0.717) is 0 Å². The van der Waals surface area contributed by atoms with Crippen LogP contribution in [0, 0.1) is 0 Å². The minimum atomic E-state index is 0.216. The number of benzene rings is 1. The highest BCUT2D eigenvalue weighted by atomic mass is 79.9. The van der Waals surface area contributed by atoms with Crippen molar-refractivity contribution in [2.24, 2.45) is 5.16 Å². The van der Waals surface area contributed by atoms with E-state index in [2.05, 4.69) is 21.1 Å². The van der Waals surface area contributed by atoms with E-state index < -0.39 is 0 Å². The van der Waals surface area contributed by atoms with Gasteiger partial charge in [0.25, 0.3) is 0 Å². The molecule has 0 saturated heterocycles. The Morgan fingerprint density at radius 3 is 2.88 bits per heavy atom. The summed E-state index contributed by atoms with van der Waals surface area (Å²) >= 11 is 3.32. The van der Waals surface area contributed by atoms with E-state index in [1.54, 1.807) is 0 Å². The van der Waals surface area contributed by atoms with Crippen LogP contribution in [0.5, 0.6) is 5.75 Å². The third-order valence-corrected chi connectivity index (χ3v) is 2.85. The van der Waals surface area contributed by atoms with Crippen molar-refractivity contribution in [1.82, 2.24) is 0 Å². The Bertz CT molecular complexity index is 353. The Morgan fingerprint density at radius 1 is 1.38 bits per heavy atom. The highest BCUT2D eigenvalue weighted by molar-refractivity contribution is 9.18. The largest absolute Gasteiger partial charge is 0.494 e. The van der Waals surface area contributed by atoms with E-state index in [4.69, 9.17) is 9.57 Å². The molecule has 0 N–H and O–H groups in total. The second-order valence-electron chi connectivity index (χ2n) is 3.70. The first kappa shape index (κ1) is 11.5. The maximum absolute atomic E-state index is 5.59. The van der Waals surface area contributed by atoms with Gasteiger partial charge in [-0.25, -0.2) is 0 Å². The van der Waals surface area contributed by atoms with E-state index >= 15 is 0 Å². The van der Waals surface area contributed by atoms with Crippen molar-refractivity contribution in [3.63, 3.8) is 0 Å². The summed E-state index contributed by atoms with van der Waals surface area (Å²) in [5, 5.41) is 3.85. The van der Waals surface area contributed by atoms with Crippen molar-refractivity contribution in [2.45, 2.75) is 25.4 Å². The van der Waals surface area contributed by atoms with Gasteiger partial charge in [-0.15, -0.1) is 0 Å². The van der Waals surface area contributed by atoms with Crippen molar-refractivity contribution in [1.29, 1.82) is 0 Å². The Morgan fingerprint density at radius 2 is 2.19 bits per heavy atom. The minimum absolute atomic E-state index is 0.216. The minimum Gasteiger partial charge on any atom is -0.494 e. The summed E-state index contributed by atoms with van der Waals surface area (Å²) in [6.45, 7) is 0.724. The molecule has 0 amide bonds. The highest BCUT2D eigenvalue weighted by Gasteiger charge is 2.18. The van der Waals surface area contributed by atoms with Crippen LogP contribution >= 0.6 is 15.9 Å². The number of hydrogen-bond acceptors (Lipinski definition) is 3. The molecular formula is C12H14BrNO2. The van der Waals surface area contributed by atoms with Crippen LogP contribution < -0.4 is 4.74 Å². The zero-order chi connectivity index (χ0) is 11.2. The maximum atomic E-state index is 5.59. The van der Waals surface area contributed by atoms with Crippen LogP contribution in [0.25, 0.3) is 0 Å². The lowest BCUT2D eigenvalue weighted by Gasteiger charge is -2.08. The SMILES string of the molecule is BrC1=NO[C@H](CCCOc2ccccc2)C1. The summed E-state index contributed by atoms with van der Waals surface area (Å²) in [5.74, 6) is 0.923. The van der Waals surface area contributed by atoms with Gasteiger partial charge in [0.15, 0.2) is 0 Å². The van der Waals surface area contributed by atoms with Crippen molar-refractivity contribution in [3.8, 4) is 5.75 Å². The molecule has 1 heterocycles. The van der Waals surface area contributed by atoms with Crippen LogP contribution in [0.15, 0.2) is 35.5 Å². The first-order valence-corrected chi connectivity index (χ1v) is 6.20. The maximum Gasteiger partial charge on any atom is 0.133 e. The molecule has 0 aliphatic carbocycles. The van der Waals surface area contributed by atoms with Crippen LogP contribution in [0.3, 0.4) is 0 Å². The van der Waals surface area contributed by atoms with Crippen LogP contribution in [0.2, 0.25) is 0 Å². The summed E-state index contributed by atoms with van der Waals surface area (Å²) in [6, 6.07) is 9.85. The van der Waals surface area contributed by atoms with E-state index in [1.807, 2.05) is 30.3 Å². The molecule has 0 saturated carbocycles. The summed E-state index contributed by atoms with van der Waals surface area (Å²) < 4.78 is 6.49. The van der Waals surface area contributed by atoms with Crippen molar-refractivity contribution in [3.05, 3.63) is 30.3 Å². The lowest BCUT2D eigenvalue weighted by atomic mass is 10.1. The van der Waals surface area contributed by atoms with Crippen LogP contribution in [0.1, 0.15) is 19.3 Å². The van der Waals surface area contributed by atoms with Gasteiger partial charge < -0.3 is 9.57 Å². The molecule has 0 spiro atoms. The first-order chi connectivity index (χ1) is 7.84. The molecule has 2 rings (SSSR count). The van der Waals surface area contributed by atoms with Gasteiger partial charge in [0.2, 0.25) is 0 Å². The van der Waals surface area contributed by atoms with Crippen LogP contribution in [0.4, 0.5) is 0 Å². The van der Waals surface area contributed by atoms with Crippen molar-refractivity contribution in [2.75, 3.05) is 6.61 Å². The first-order valence-electron chi connectivity index (χ1n) is 5.40. The monoisotopic (exact) mass is 283 g/mol. The van der Waals surface area contributed by atoms with Gasteiger partial charge in [-0.3, -0.25) is 0 Å². The average molecular weight is 284 g/mol. The fourth-order valence-corrected chi connectivity index (χ4v) is 2.01. The lowest BCUT2D eigenvalue weighted by molar-refractivity contribution is 0.0742. The predicted octanol–water partition coefficient (Wildman–Crippen LogP) is 3.34. The topological polar surface area (TPSA) is 30.8 Å². The van der Waals surface area contributed by atoms with Gasteiger partial charge in [-0.2, -0.15) is 0 Å². The Hall–Kier alpha value is -1.03. The van der Waals surface area contributed by atoms with Gasteiger partial charge in [-0.05, 0) is 40.9 Å². The molecule has 0 radical (unpaired) electrons. The molecule has 1 aromatic carbocycles. The van der Waals surface area contributed by atoms with E-state index in [1.165, 1.54) is 0 Å². The van der Waals surface area contributed by atoms with Gasteiger partial charge >= 0.3 is 0 Å². The fourth-order valence-electron chi connectivity index (χ4n) is 1.57. The average Bonchev–Trinajstić information content (AvgIpc) is 2.72. The number of rotatable bonds is 5. The van der Waals surface area contributed by atoms with Crippen LogP contribution in [-0.2, 0) is 4.84 Å². The molecule has 4 heteroatoms. The lowest BCUT2D eigenvalue weighted by Crippen LogP contribution is -2.08. The molecule has 1 aliphatic rings. The summed E-state index contributed by atoms with van der Waals surface area (Å²) in [5.41, 5.74) is 0. The van der Waals surface area contributed by atoms with Gasteiger partial charge in [0.05, 0.1) is 6.61 Å². The second-order valence-corrected chi connectivity index (χ2v) is 4.62. The van der Waals surface area contributed by atoms with Gasteiger partial charge in [0.1, 0.15) is 16.5 Å². The Balaban J connectivity index is 1.59. The number of hydrogen-bond donors (Lipinski definition) is 0. The smallest absolute Gasteiger partial charge is 0.133 e. The second kappa shape index (κ2) is 5.89. The molecule has 0 bridgehead atoms. The highest BCUT2D eigenvalue weighted by Crippen LogP contribution is 2.18. The summed E-state index contributed by atoms with van der Waals surface area (Å²) in [4.78, 5) is 5.20. The van der Waals surface area contributed by atoms with E-state index in [9.17, 15) is 0 Å². The molecule has 0 unspecified atom stereocenters. The summed E-state index contributed by atoms with van der Waals surface area (Å²) in [7, 11) is 0. The van der Waals surface area contributed by atoms with Crippen LogP contribution in [-0.4, -0.2) is 17.3 Å². The van der Waals surface area contributed by atoms with Gasteiger partial charge in [-0.1, -0.05) is 23.4 Å². The molecule has 1 aromatic rings. The number of nitrogens with zero attached hydrogens (tertiary/aromatic N) is 1. The molecular weight excluding hydrogens is 270 g/mol. The number of halogens is 1. The quantitative estimate of drug-likeness (QED) is 0.776. The summed E-state index contributed by atoms with van der Waals surface area (Å²) in [6.07, 6.45) is 3.06. The number of oxime groups is 1. The van der Waals surface area contributed by atoms with Crippen molar-refractivity contribution >= 4 is 20.6 Å². The molecule has 16 heavy (non-hydrogen) atoms. The predicted molar refractivity (Wildman–Crippen MR) is 67.0 cm³/mol. The molecule has 3 nitrogen and oxygen atoms in total. The zero-order valence-corrected chi connectivity index (χ0v) is 10.5. The van der Waals surface area contributed by atoms with Crippen molar-refractivity contribution < 1.29 is 9.57 Å². The molecule has 0 fully saturated rings. The standard InChI is InChI=1S/C12H14BrNO2/c13-12-9-11(16-14-12)7-4-8-15-10-5-2-1-3-6-10/h1-3,5-6,11H,4,7-9H2/t11-/m1/s1. The Kier molecular flexibility index (Phi) is 4.22. The number of para-hydroxylation sites is 1. The van der Waals surface area contributed by atoms with E-state index in [-0.39, 0.29) is 6.10 Å². The molecule has 1 atom stereocenters. The molecule has 86 valence electrons. The van der Waals surface area contributed by atoms with E-state index in [0.717, 1.165) is 36.2 Å². The third kappa shape index (κ3) is 3.52. The Labute approximate surface area is 104 Å². The third-order valence-electron chi connectivity index (χ3n) is 2.38. The zero-order valence-electron chi connectivity index (χ0n) is 8.93. The number of ether oxygens (including phenoxy) is 1. The molecule has 0 aromatic heterocycles.